The van der Waals surface area contributed by atoms with Gasteiger partial charge in [0.15, 0.2) is 0 Å². The van der Waals surface area contributed by atoms with Crippen molar-refractivity contribution in [2.45, 2.75) is 74.3 Å². The fourth-order valence-electron chi connectivity index (χ4n) is 2.97. The normalized spacial score (nSPS) is 13.5. The van der Waals surface area contributed by atoms with Crippen LogP contribution < -0.4 is 0 Å². The van der Waals surface area contributed by atoms with E-state index in [1.54, 1.807) is 0 Å². The second-order valence-corrected chi connectivity index (χ2v) is 13.5. The van der Waals surface area contributed by atoms with Gasteiger partial charge in [-0.3, -0.25) is 0 Å². The molecular formula is C17H41N4Nb. The average Bonchev–Trinajstić information content (AvgIpc) is 2.50. The van der Waals surface area contributed by atoms with Gasteiger partial charge in [-0.15, -0.1) is 0 Å². The number of hydrogen-bond donors (Lipinski definition) is 0. The molecule has 0 amide bonds. The molecule has 0 rings (SSSR count). The molecule has 0 aliphatic heterocycles. The predicted molar refractivity (Wildman–Crippen MR) is 95.6 cm³/mol. The molecule has 134 valence electrons. The second-order valence-electron chi connectivity index (χ2n) is 6.22. The van der Waals surface area contributed by atoms with Gasteiger partial charge in [-0.2, -0.15) is 0 Å². The van der Waals surface area contributed by atoms with Crippen LogP contribution in [0.5, 0.6) is 0 Å². The van der Waals surface area contributed by atoms with E-state index in [0.717, 1.165) is 45.7 Å². The van der Waals surface area contributed by atoms with E-state index in [1.807, 2.05) is 0 Å². The van der Waals surface area contributed by atoms with Crippen molar-refractivity contribution in [2.75, 3.05) is 39.3 Å². The first-order chi connectivity index (χ1) is 10.3. The van der Waals surface area contributed by atoms with E-state index in [2.05, 4.69) is 72.2 Å². The van der Waals surface area contributed by atoms with Crippen LogP contribution in [0.15, 0.2) is 3.34 Å². The minimum absolute atomic E-state index is 0.0549. The molecule has 0 fully saturated rings. The summed E-state index contributed by atoms with van der Waals surface area (Å²) in [6, 6.07) is 0. The molecule has 0 aliphatic carbocycles. The van der Waals surface area contributed by atoms with E-state index in [4.69, 9.17) is 3.34 Å². The summed E-state index contributed by atoms with van der Waals surface area (Å²) >= 11 is -3.04. The molecule has 0 aliphatic rings. The molecule has 0 spiro atoms. The van der Waals surface area contributed by atoms with Gasteiger partial charge in [-0.1, -0.05) is 0 Å². The van der Waals surface area contributed by atoms with Crippen LogP contribution in [0.25, 0.3) is 0 Å². The maximum absolute atomic E-state index is 5.66. The number of rotatable bonds is 11. The van der Waals surface area contributed by atoms with Crippen LogP contribution in [0.1, 0.15) is 68.7 Å². The molecule has 22 heavy (non-hydrogen) atoms. The maximum atomic E-state index is 5.66. The molecule has 4 nitrogen and oxygen atoms in total. The van der Waals surface area contributed by atoms with Gasteiger partial charge in [0.2, 0.25) is 0 Å². The van der Waals surface area contributed by atoms with Gasteiger partial charge in [0.1, 0.15) is 0 Å². The quantitative estimate of drug-likeness (QED) is 0.488. The summed E-state index contributed by atoms with van der Waals surface area (Å²) in [5.41, 5.74) is 0.0549. The Morgan fingerprint density at radius 3 is 1.09 bits per heavy atom. The first-order valence-electron chi connectivity index (χ1n) is 9.22. The molecule has 0 saturated carbocycles. The zero-order chi connectivity index (χ0) is 17.4. The summed E-state index contributed by atoms with van der Waals surface area (Å²) in [7, 11) is 0. The molecule has 0 atom stereocenters. The Morgan fingerprint density at radius 1 is 0.636 bits per heavy atom. The molecule has 0 radical (unpaired) electrons. The van der Waals surface area contributed by atoms with Crippen LogP contribution in [0.3, 0.4) is 0 Å². The molecular weight excluding hydrogens is 353 g/mol. The third-order valence-corrected chi connectivity index (χ3v) is 16.4. The van der Waals surface area contributed by atoms with E-state index in [-0.39, 0.29) is 5.54 Å². The topological polar surface area (TPSA) is 22.1 Å². The van der Waals surface area contributed by atoms with Crippen molar-refractivity contribution in [2.24, 2.45) is 3.34 Å². The van der Waals surface area contributed by atoms with Crippen molar-refractivity contribution in [3.63, 3.8) is 0 Å². The van der Waals surface area contributed by atoms with Gasteiger partial charge in [-0.05, 0) is 0 Å². The van der Waals surface area contributed by atoms with Crippen molar-refractivity contribution in [3.05, 3.63) is 0 Å². The average molecular weight is 394 g/mol. The molecule has 5 heteroatoms. The van der Waals surface area contributed by atoms with Gasteiger partial charge < -0.3 is 0 Å². The van der Waals surface area contributed by atoms with Crippen LogP contribution in [0.2, 0.25) is 0 Å². The van der Waals surface area contributed by atoms with E-state index in [1.165, 1.54) is 0 Å². The fourth-order valence-corrected chi connectivity index (χ4v) is 14.3. The summed E-state index contributed by atoms with van der Waals surface area (Å²) in [6.07, 6.45) is 1.10. The molecule has 0 unspecified atom stereocenters. The van der Waals surface area contributed by atoms with E-state index in [9.17, 15) is 0 Å². The first kappa shape index (κ1) is 22.4. The van der Waals surface area contributed by atoms with Crippen LogP contribution in [-0.4, -0.2) is 54.7 Å². The van der Waals surface area contributed by atoms with E-state index >= 15 is 0 Å². The Kier molecular flexibility index (Phi) is 10.5. The van der Waals surface area contributed by atoms with E-state index in [0.29, 0.717) is 0 Å². The molecule has 0 aromatic rings. The van der Waals surface area contributed by atoms with Crippen LogP contribution in [0, 0.1) is 0 Å². The molecule has 0 aromatic heterocycles. The molecule has 0 bridgehead atoms. The summed E-state index contributed by atoms with van der Waals surface area (Å²) in [4.78, 5) is 0. The van der Waals surface area contributed by atoms with Gasteiger partial charge in [-0.25, -0.2) is 0 Å². The van der Waals surface area contributed by atoms with Gasteiger partial charge >= 0.3 is 145 Å². The predicted octanol–water partition coefficient (Wildman–Crippen LogP) is 4.28. The monoisotopic (exact) mass is 394 g/mol. The Labute approximate surface area is 144 Å². The van der Waals surface area contributed by atoms with Crippen molar-refractivity contribution >= 4 is 0 Å². The molecule has 0 N–H and O–H groups in total. The zero-order valence-electron chi connectivity index (χ0n) is 16.7. The molecule has 0 aromatic carbocycles. The Morgan fingerprint density at radius 2 is 0.909 bits per heavy atom. The van der Waals surface area contributed by atoms with E-state index < -0.39 is 17.7 Å². The Balaban J connectivity index is 6.50. The SMILES string of the molecule is CC[N](CC)[Nb](=[N]C(C)(C)CC)([N](CC)CC)[N](CC)CC. The summed E-state index contributed by atoms with van der Waals surface area (Å²) in [5.74, 6) is 0. The third kappa shape index (κ3) is 4.96. The fraction of sp³-hybridized carbons (Fsp3) is 1.00. The summed E-state index contributed by atoms with van der Waals surface area (Å²) in [6.45, 7) is 27.3. The minimum atomic E-state index is -3.04. The van der Waals surface area contributed by atoms with Crippen LogP contribution in [-0.2, 0) is 17.7 Å². The molecule has 0 heterocycles. The number of nitrogens with zero attached hydrogens (tertiary/aromatic N) is 4. The van der Waals surface area contributed by atoms with Crippen molar-refractivity contribution in [3.8, 4) is 0 Å². The zero-order valence-corrected chi connectivity index (χ0v) is 18.9. The standard InChI is InChI=1S/C5H11N.3C4H10N.Nb/c1-4-5(2,3)6;3*1-3-5-4-2;/h4H2,1-3H3;3*3-4H2,1-2H3;/q;3*-1;+3. The number of hydrogen-bond acceptors (Lipinski definition) is 1. The molecule has 0 saturated heterocycles. The van der Waals surface area contributed by atoms with Gasteiger partial charge in [0.05, 0.1) is 0 Å². The summed E-state index contributed by atoms with van der Waals surface area (Å²) in [5, 5.41) is 0. The Hall–Kier alpha value is 0.420. The van der Waals surface area contributed by atoms with Crippen molar-refractivity contribution < 1.29 is 17.7 Å². The van der Waals surface area contributed by atoms with Crippen LogP contribution in [0.4, 0.5) is 0 Å². The van der Waals surface area contributed by atoms with Crippen molar-refractivity contribution in [1.29, 1.82) is 0 Å². The van der Waals surface area contributed by atoms with Crippen LogP contribution >= 0.6 is 0 Å². The van der Waals surface area contributed by atoms with Gasteiger partial charge in [0.25, 0.3) is 0 Å². The van der Waals surface area contributed by atoms with Crippen molar-refractivity contribution in [1.82, 2.24) is 9.91 Å². The third-order valence-electron chi connectivity index (χ3n) is 4.60. The second kappa shape index (κ2) is 10.3. The Bertz CT molecular complexity index is 305. The van der Waals surface area contributed by atoms with Gasteiger partial charge in [0, 0.05) is 0 Å². The first-order valence-corrected chi connectivity index (χ1v) is 13.2. The summed E-state index contributed by atoms with van der Waals surface area (Å²) < 4.78 is 13.8.